The Labute approximate surface area is 221 Å². The highest BCUT2D eigenvalue weighted by Gasteiger charge is 2.35. The number of ether oxygens (including phenoxy) is 3. The summed E-state index contributed by atoms with van der Waals surface area (Å²) in [6.45, 7) is 6.42. The molecule has 0 aliphatic carbocycles. The van der Waals surface area contributed by atoms with Gasteiger partial charge in [-0.15, -0.1) is 0 Å². The lowest BCUT2D eigenvalue weighted by atomic mass is 9.95. The Morgan fingerprint density at radius 3 is 2.61 bits per heavy atom. The monoisotopic (exact) mass is 570 g/mol. The van der Waals surface area contributed by atoms with Crippen LogP contribution in [0.2, 0.25) is 0 Å². The Morgan fingerprint density at radius 2 is 1.94 bits per heavy atom. The van der Waals surface area contributed by atoms with Gasteiger partial charge in [-0.3, -0.25) is 9.36 Å². The maximum absolute atomic E-state index is 13.8. The zero-order chi connectivity index (χ0) is 25.8. The number of carbonyl (C=O) groups excluding carboxylic acids is 1. The molecule has 1 aliphatic rings. The number of hydrogen-bond acceptors (Lipinski definition) is 7. The third kappa shape index (κ3) is 5.17. The molecule has 4 rings (SSSR count). The minimum absolute atomic E-state index is 0.209. The Balaban J connectivity index is 1.90. The van der Waals surface area contributed by atoms with Crippen LogP contribution in [0.4, 0.5) is 0 Å². The highest BCUT2D eigenvalue weighted by atomic mass is 79.9. The van der Waals surface area contributed by atoms with Crippen LogP contribution in [0.3, 0.4) is 0 Å². The molecule has 0 spiro atoms. The first-order chi connectivity index (χ1) is 17.4. The van der Waals surface area contributed by atoms with Crippen LogP contribution in [0.5, 0.6) is 11.5 Å². The van der Waals surface area contributed by atoms with Crippen molar-refractivity contribution >= 4 is 39.3 Å². The van der Waals surface area contributed by atoms with Gasteiger partial charge in [0, 0.05) is 10.0 Å². The van der Waals surface area contributed by atoms with Gasteiger partial charge in [0.2, 0.25) is 0 Å². The minimum atomic E-state index is -0.750. The number of carbonyl (C=O) groups is 1. The molecular weight excluding hydrogens is 544 g/mol. The van der Waals surface area contributed by atoms with Gasteiger partial charge >= 0.3 is 5.97 Å². The average molecular weight is 571 g/mol. The molecule has 2 heterocycles. The van der Waals surface area contributed by atoms with E-state index in [0.717, 1.165) is 22.2 Å². The summed E-state index contributed by atoms with van der Waals surface area (Å²) in [5.41, 5.74) is 2.10. The van der Waals surface area contributed by atoms with E-state index in [4.69, 9.17) is 14.2 Å². The second-order valence-electron chi connectivity index (χ2n) is 8.11. The molecule has 7 nitrogen and oxygen atoms in total. The van der Waals surface area contributed by atoms with Crippen molar-refractivity contribution in [1.82, 2.24) is 4.57 Å². The van der Waals surface area contributed by atoms with Gasteiger partial charge in [0.25, 0.3) is 5.56 Å². The van der Waals surface area contributed by atoms with Crippen molar-refractivity contribution in [3.63, 3.8) is 0 Å². The highest BCUT2D eigenvalue weighted by Crippen LogP contribution is 2.37. The summed E-state index contributed by atoms with van der Waals surface area (Å²) in [5.74, 6) is 0.826. The first-order valence-corrected chi connectivity index (χ1v) is 13.2. The number of nitrogens with zero attached hydrogens (tertiary/aromatic N) is 2. The molecule has 2 aromatic carbocycles. The fourth-order valence-electron chi connectivity index (χ4n) is 4.04. The molecule has 1 aliphatic heterocycles. The van der Waals surface area contributed by atoms with E-state index in [-0.39, 0.29) is 12.2 Å². The zero-order valence-electron chi connectivity index (χ0n) is 20.5. The Kier molecular flexibility index (Phi) is 8.11. The second-order valence-corrected chi connectivity index (χ2v) is 10.0. The normalized spacial score (nSPS) is 15.4. The maximum Gasteiger partial charge on any atom is 0.338 e. The van der Waals surface area contributed by atoms with Crippen LogP contribution < -0.4 is 24.4 Å². The van der Waals surface area contributed by atoms with Crippen LogP contribution in [0.1, 0.15) is 44.4 Å². The van der Waals surface area contributed by atoms with Gasteiger partial charge in [-0.1, -0.05) is 46.3 Å². The van der Waals surface area contributed by atoms with Crippen LogP contribution >= 0.6 is 27.3 Å². The van der Waals surface area contributed by atoms with Gasteiger partial charge < -0.3 is 14.2 Å². The number of allylic oxidation sites excluding steroid dienone is 1. The number of thiazole rings is 1. The number of hydrogen-bond donors (Lipinski definition) is 0. The summed E-state index contributed by atoms with van der Waals surface area (Å²) < 4.78 is 19.5. The maximum atomic E-state index is 13.8. The van der Waals surface area contributed by atoms with Gasteiger partial charge in [0.05, 0.1) is 36.1 Å². The number of esters is 1. The van der Waals surface area contributed by atoms with E-state index in [9.17, 15) is 9.59 Å². The standard InChI is InChI=1S/C27H27BrN2O5S/c1-5-13-35-19-10-7-17(8-11-19)14-22-25(31)30-24(20-15-18(28)9-12-21(20)33-4)23(26(32)34-6-2)16(3)29-27(30)36-22/h7-12,14-15,24H,5-6,13H2,1-4H3/b22-14+/t24-/m1/s1. The number of fused-ring (bicyclic) bond motifs is 1. The van der Waals surface area contributed by atoms with Gasteiger partial charge in [0.1, 0.15) is 17.5 Å². The smallest absolute Gasteiger partial charge is 0.338 e. The molecule has 9 heteroatoms. The van der Waals surface area contributed by atoms with Crippen molar-refractivity contribution in [3.05, 3.63) is 89.0 Å². The van der Waals surface area contributed by atoms with Crippen molar-refractivity contribution in [1.29, 1.82) is 0 Å². The molecule has 0 saturated heterocycles. The van der Waals surface area contributed by atoms with E-state index in [1.807, 2.05) is 42.5 Å². The SMILES string of the molecule is CCCOc1ccc(/C=c2/sc3n(c2=O)[C@H](c2cc(Br)ccc2OC)C(C(=O)OCC)=C(C)N=3)cc1. The number of methoxy groups -OCH3 is 1. The van der Waals surface area contributed by atoms with Crippen LogP contribution in [-0.2, 0) is 9.53 Å². The quantitative estimate of drug-likeness (QED) is 0.376. The molecule has 0 unspecified atom stereocenters. The molecule has 0 fully saturated rings. The summed E-state index contributed by atoms with van der Waals surface area (Å²) in [6.07, 6.45) is 2.76. The van der Waals surface area contributed by atoms with Gasteiger partial charge in [-0.25, -0.2) is 9.79 Å². The van der Waals surface area contributed by atoms with E-state index in [1.165, 1.54) is 11.3 Å². The average Bonchev–Trinajstić information content (AvgIpc) is 3.17. The Hall–Kier alpha value is -3.17. The highest BCUT2D eigenvalue weighted by molar-refractivity contribution is 9.10. The Bertz CT molecular complexity index is 1490. The minimum Gasteiger partial charge on any atom is -0.496 e. The van der Waals surface area contributed by atoms with E-state index < -0.39 is 12.0 Å². The molecule has 3 aromatic rings. The van der Waals surface area contributed by atoms with Crippen molar-refractivity contribution in [2.75, 3.05) is 20.3 Å². The van der Waals surface area contributed by atoms with E-state index in [1.54, 1.807) is 31.6 Å². The molecule has 1 atom stereocenters. The summed E-state index contributed by atoms with van der Waals surface area (Å²) in [4.78, 5) is 32.0. The number of benzene rings is 2. The van der Waals surface area contributed by atoms with Crippen LogP contribution in [0.25, 0.3) is 6.08 Å². The number of rotatable bonds is 8. The van der Waals surface area contributed by atoms with Crippen LogP contribution in [0, 0.1) is 0 Å². The first-order valence-electron chi connectivity index (χ1n) is 11.6. The third-order valence-electron chi connectivity index (χ3n) is 5.65. The van der Waals surface area contributed by atoms with Gasteiger partial charge in [-0.2, -0.15) is 0 Å². The lowest BCUT2D eigenvalue weighted by molar-refractivity contribution is -0.139. The van der Waals surface area contributed by atoms with Crippen molar-refractivity contribution < 1.29 is 19.0 Å². The number of aromatic nitrogens is 1. The predicted octanol–water partition coefficient (Wildman–Crippen LogP) is 4.36. The van der Waals surface area contributed by atoms with Crippen molar-refractivity contribution in [2.24, 2.45) is 4.99 Å². The Morgan fingerprint density at radius 1 is 1.19 bits per heavy atom. The fraction of sp³-hybridized carbons (Fsp3) is 0.296. The van der Waals surface area contributed by atoms with Crippen LogP contribution in [0.15, 0.2) is 68.0 Å². The summed E-state index contributed by atoms with van der Waals surface area (Å²) in [5, 5.41) is 0. The summed E-state index contributed by atoms with van der Waals surface area (Å²) in [6, 6.07) is 12.3. The van der Waals surface area contributed by atoms with Gasteiger partial charge in [0.15, 0.2) is 4.80 Å². The zero-order valence-corrected chi connectivity index (χ0v) is 22.9. The second kappa shape index (κ2) is 11.3. The molecule has 0 N–H and O–H groups in total. The lowest BCUT2D eigenvalue weighted by Crippen LogP contribution is -2.40. The summed E-state index contributed by atoms with van der Waals surface area (Å²) >= 11 is 4.79. The molecule has 0 radical (unpaired) electrons. The lowest BCUT2D eigenvalue weighted by Gasteiger charge is -2.26. The first kappa shape index (κ1) is 25.9. The third-order valence-corrected chi connectivity index (χ3v) is 7.13. The predicted molar refractivity (Wildman–Crippen MR) is 143 cm³/mol. The molecule has 188 valence electrons. The van der Waals surface area contributed by atoms with Gasteiger partial charge in [-0.05, 0) is 62.2 Å². The molecule has 0 saturated carbocycles. The van der Waals surface area contributed by atoms with Crippen LogP contribution in [-0.4, -0.2) is 30.9 Å². The largest absolute Gasteiger partial charge is 0.496 e. The fourth-order valence-corrected chi connectivity index (χ4v) is 5.46. The summed E-state index contributed by atoms with van der Waals surface area (Å²) in [7, 11) is 1.56. The van der Waals surface area contributed by atoms with E-state index >= 15 is 0 Å². The molecule has 0 bridgehead atoms. The van der Waals surface area contributed by atoms with E-state index in [0.29, 0.717) is 38.5 Å². The van der Waals surface area contributed by atoms with E-state index in [2.05, 4.69) is 27.8 Å². The molecule has 0 amide bonds. The topological polar surface area (TPSA) is 79.1 Å². The molecule has 1 aromatic heterocycles. The van der Waals surface area contributed by atoms with Crippen molar-refractivity contribution in [3.8, 4) is 11.5 Å². The van der Waals surface area contributed by atoms with Crippen molar-refractivity contribution in [2.45, 2.75) is 33.2 Å². The molecular formula is C27H27BrN2O5S. The number of halogens is 1. The molecule has 36 heavy (non-hydrogen) atoms.